The van der Waals surface area contributed by atoms with Crippen LogP contribution in [-0.4, -0.2) is 13.0 Å². The van der Waals surface area contributed by atoms with Crippen molar-refractivity contribution < 1.29 is 9.18 Å². The second kappa shape index (κ2) is 6.78. The van der Waals surface area contributed by atoms with Crippen molar-refractivity contribution in [3.8, 4) is 0 Å². The number of carbonyl (C=O) groups excluding carboxylic acids is 1. The molecule has 0 aliphatic rings. The third-order valence-corrected chi connectivity index (χ3v) is 3.46. The maximum atomic E-state index is 13.1. The number of rotatable bonds is 4. The smallest absolute Gasteiger partial charge is 0.253 e. The van der Waals surface area contributed by atoms with E-state index in [-0.39, 0.29) is 17.5 Å². The highest BCUT2D eigenvalue weighted by Crippen LogP contribution is 2.20. The van der Waals surface area contributed by atoms with Crippen LogP contribution in [0.15, 0.2) is 36.4 Å². The number of benzene rings is 2. The first kappa shape index (κ1) is 15.6. The third kappa shape index (κ3) is 3.86. The average Bonchev–Trinajstić information content (AvgIpc) is 2.48. The Hall–Kier alpha value is -1.78. The molecule has 6 heteroatoms. The highest BCUT2D eigenvalue weighted by atomic mass is 35.5. The number of nitrogens with one attached hydrogen (secondary N) is 2. The van der Waals surface area contributed by atoms with Crippen LogP contribution >= 0.6 is 23.2 Å². The highest BCUT2D eigenvalue weighted by molar-refractivity contribution is 6.31. The molecule has 0 spiro atoms. The number of anilines is 1. The van der Waals surface area contributed by atoms with Crippen LogP contribution in [-0.2, 0) is 6.54 Å². The molecule has 2 N–H and O–H groups in total. The summed E-state index contributed by atoms with van der Waals surface area (Å²) in [5.74, 6) is -0.763. The Balaban J connectivity index is 2.11. The standard InChI is InChI=1S/C15H13Cl2FN2O/c1-19-14-5-3-10(16)7-11(14)15(21)20-8-9-2-4-13(18)12(17)6-9/h2-7,19H,8H2,1H3,(H,20,21). The van der Waals surface area contributed by atoms with Crippen LogP contribution in [0.1, 0.15) is 15.9 Å². The molecule has 0 bridgehead atoms. The minimum absolute atomic E-state index is 0.0282. The van der Waals surface area contributed by atoms with Crippen molar-refractivity contribution in [1.29, 1.82) is 0 Å². The summed E-state index contributed by atoms with van der Waals surface area (Å²) in [6.45, 7) is 0.245. The van der Waals surface area contributed by atoms with Gasteiger partial charge in [0.25, 0.3) is 5.91 Å². The summed E-state index contributed by atoms with van der Waals surface area (Å²) in [6.07, 6.45) is 0. The van der Waals surface area contributed by atoms with Crippen LogP contribution in [0.2, 0.25) is 10.0 Å². The van der Waals surface area contributed by atoms with Crippen LogP contribution in [0.3, 0.4) is 0 Å². The maximum absolute atomic E-state index is 13.1. The van der Waals surface area contributed by atoms with Gasteiger partial charge >= 0.3 is 0 Å². The van der Waals surface area contributed by atoms with Crippen molar-refractivity contribution in [2.75, 3.05) is 12.4 Å². The van der Waals surface area contributed by atoms with Crippen LogP contribution in [0.25, 0.3) is 0 Å². The molecular formula is C15H13Cl2FN2O. The molecule has 3 nitrogen and oxygen atoms in total. The molecule has 21 heavy (non-hydrogen) atoms. The van der Waals surface area contributed by atoms with Gasteiger partial charge in [-0.3, -0.25) is 4.79 Å². The second-order valence-electron chi connectivity index (χ2n) is 4.37. The minimum Gasteiger partial charge on any atom is -0.387 e. The van der Waals surface area contributed by atoms with Gasteiger partial charge in [-0.05, 0) is 35.9 Å². The Labute approximate surface area is 132 Å². The number of amides is 1. The Bertz CT molecular complexity index is 677. The molecule has 0 unspecified atom stereocenters. The lowest BCUT2D eigenvalue weighted by molar-refractivity contribution is 0.0951. The number of hydrogen-bond acceptors (Lipinski definition) is 2. The van der Waals surface area contributed by atoms with E-state index in [0.29, 0.717) is 21.8 Å². The molecule has 0 aromatic heterocycles. The first-order valence-corrected chi connectivity index (χ1v) is 6.96. The topological polar surface area (TPSA) is 41.1 Å². The molecule has 0 atom stereocenters. The molecule has 110 valence electrons. The van der Waals surface area contributed by atoms with Gasteiger partial charge in [0.05, 0.1) is 10.6 Å². The molecule has 0 aliphatic carbocycles. The summed E-state index contributed by atoms with van der Waals surface area (Å²) in [5, 5.41) is 6.18. The lowest BCUT2D eigenvalue weighted by Crippen LogP contribution is -2.23. The Kier molecular flexibility index (Phi) is 5.04. The average molecular weight is 327 g/mol. The summed E-state index contributed by atoms with van der Waals surface area (Å²) in [5.41, 5.74) is 1.83. The Morgan fingerprint density at radius 2 is 1.95 bits per heavy atom. The normalized spacial score (nSPS) is 10.3. The monoisotopic (exact) mass is 326 g/mol. The molecule has 0 saturated carbocycles. The Morgan fingerprint density at radius 1 is 1.19 bits per heavy atom. The lowest BCUT2D eigenvalue weighted by Gasteiger charge is -2.10. The van der Waals surface area contributed by atoms with Gasteiger partial charge < -0.3 is 10.6 Å². The SMILES string of the molecule is CNc1ccc(Cl)cc1C(=O)NCc1ccc(F)c(Cl)c1. The quantitative estimate of drug-likeness (QED) is 0.887. The molecule has 0 saturated heterocycles. The van der Waals surface area contributed by atoms with E-state index in [1.54, 1.807) is 31.3 Å². The maximum Gasteiger partial charge on any atom is 0.253 e. The van der Waals surface area contributed by atoms with Crippen molar-refractivity contribution in [1.82, 2.24) is 5.32 Å². The molecule has 2 rings (SSSR count). The molecule has 0 aliphatic heterocycles. The summed E-state index contributed by atoms with van der Waals surface area (Å²) >= 11 is 11.6. The largest absolute Gasteiger partial charge is 0.387 e. The third-order valence-electron chi connectivity index (χ3n) is 2.93. The first-order valence-electron chi connectivity index (χ1n) is 6.20. The van der Waals surface area contributed by atoms with E-state index in [9.17, 15) is 9.18 Å². The van der Waals surface area contributed by atoms with Crippen molar-refractivity contribution >= 4 is 34.8 Å². The Morgan fingerprint density at radius 3 is 2.62 bits per heavy atom. The van der Waals surface area contributed by atoms with E-state index in [4.69, 9.17) is 23.2 Å². The van der Waals surface area contributed by atoms with Gasteiger partial charge in [-0.25, -0.2) is 4.39 Å². The highest BCUT2D eigenvalue weighted by Gasteiger charge is 2.11. The summed E-state index contributed by atoms with van der Waals surface area (Å²) in [4.78, 5) is 12.2. The summed E-state index contributed by atoms with van der Waals surface area (Å²) in [6, 6.07) is 9.32. The molecule has 0 radical (unpaired) electrons. The van der Waals surface area contributed by atoms with E-state index in [1.807, 2.05) is 0 Å². The minimum atomic E-state index is -0.487. The summed E-state index contributed by atoms with van der Waals surface area (Å²) in [7, 11) is 1.72. The van der Waals surface area contributed by atoms with Crippen LogP contribution in [0.5, 0.6) is 0 Å². The molecule has 2 aromatic rings. The molecule has 1 amide bonds. The number of carbonyl (C=O) groups is 1. The predicted molar refractivity (Wildman–Crippen MR) is 83.6 cm³/mol. The predicted octanol–water partition coefficient (Wildman–Crippen LogP) is 4.10. The van der Waals surface area contributed by atoms with Crippen molar-refractivity contribution in [3.63, 3.8) is 0 Å². The van der Waals surface area contributed by atoms with Gasteiger partial charge in [0.15, 0.2) is 0 Å². The fraction of sp³-hybridized carbons (Fsp3) is 0.133. The lowest BCUT2D eigenvalue weighted by atomic mass is 10.1. The van der Waals surface area contributed by atoms with Crippen molar-refractivity contribution in [2.24, 2.45) is 0 Å². The van der Waals surface area contributed by atoms with Gasteiger partial charge in [-0.15, -0.1) is 0 Å². The zero-order valence-electron chi connectivity index (χ0n) is 11.2. The van der Waals surface area contributed by atoms with E-state index in [2.05, 4.69) is 10.6 Å². The van der Waals surface area contributed by atoms with Gasteiger partial charge in [0.2, 0.25) is 0 Å². The van der Waals surface area contributed by atoms with Gasteiger partial charge in [0, 0.05) is 24.3 Å². The first-order chi connectivity index (χ1) is 10.0. The van der Waals surface area contributed by atoms with E-state index in [0.717, 1.165) is 0 Å². The number of hydrogen-bond donors (Lipinski definition) is 2. The molecule has 0 fully saturated rings. The molecular weight excluding hydrogens is 314 g/mol. The van der Waals surface area contributed by atoms with Crippen LogP contribution in [0.4, 0.5) is 10.1 Å². The van der Waals surface area contributed by atoms with E-state index >= 15 is 0 Å². The van der Waals surface area contributed by atoms with Gasteiger partial charge in [-0.2, -0.15) is 0 Å². The number of halogens is 3. The fourth-order valence-corrected chi connectivity index (χ4v) is 2.22. The zero-order valence-corrected chi connectivity index (χ0v) is 12.7. The van der Waals surface area contributed by atoms with Crippen molar-refractivity contribution in [3.05, 3.63) is 63.4 Å². The zero-order chi connectivity index (χ0) is 15.4. The van der Waals surface area contributed by atoms with E-state index < -0.39 is 5.82 Å². The van der Waals surface area contributed by atoms with Gasteiger partial charge in [-0.1, -0.05) is 29.3 Å². The molecule has 0 heterocycles. The van der Waals surface area contributed by atoms with Crippen LogP contribution < -0.4 is 10.6 Å². The van der Waals surface area contributed by atoms with E-state index in [1.165, 1.54) is 12.1 Å². The van der Waals surface area contributed by atoms with Gasteiger partial charge in [0.1, 0.15) is 5.82 Å². The fourth-order valence-electron chi connectivity index (χ4n) is 1.85. The van der Waals surface area contributed by atoms with Crippen molar-refractivity contribution in [2.45, 2.75) is 6.54 Å². The molecule has 2 aromatic carbocycles. The summed E-state index contributed by atoms with van der Waals surface area (Å²) < 4.78 is 13.1. The second-order valence-corrected chi connectivity index (χ2v) is 5.21. The van der Waals surface area contributed by atoms with Crippen LogP contribution in [0, 0.1) is 5.82 Å².